The third-order valence-electron chi connectivity index (χ3n) is 2.68. The van der Waals surface area contributed by atoms with Crippen molar-refractivity contribution >= 4 is 17.6 Å². The lowest BCUT2D eigenvalue weighted by atomic mass is 10.1. The molecule has 1 amide bonds. The average molecular weight is 293 g/mol. The lowest BCUT2D eigenvalue weighted by molar-refractivity contribution is 0.0693. The number of aromatic carboxylic acids is 1. The molecule has 2 aromatic rings. The third kappa shape index (κ3) is 2.97. The molecule has 21 heavy (non-hydrogen) atoms. The summed E-state index contributed by atoms with van der Waals surface area (Å²) >= 11 is 0. The summed E-state index contributed by atoms with van der Waals surface area (Å²) in [6.45, 7) is 0. The van der Waals surface area contributed by atoms with Gasteiger partial charge >= 0.3 is 5.97 Å². The van der Waals surface area contributed by atoms with Crippen LogP contribution in [0.4, 0.5) is 14.5 Å². The number of halogens is 2. The van der Waals surface area contributed by atoms with E-state index in [1.54, 1.807) is 0 Å². The van der Waals surface area contributed by atoms with Crippen molar-refractivity contribution in [1.82, 2.24) is 0 Å². The highest BCUT2D eigenvalue weighted by Gasteiger charge is 2.16. The van der Waals surface area contributed by atoms with E-state index in [2.05, 4.69) is 5.32 Å². The highest BCUT2D eigenvalue weighted by molar-refractivity contribution is 6.05. The quantitative estimate of drug-likeness (QED) is 0.812. The Labute approximate surface area is 117 Å². The molecular weight excluding hydrogens is 284 g/mol. The van der Waals surface area contributed by atoms with Gasteiger partial charge in [-0.1, -0.05) is 6.07 Å². The normalized spacial score (nSPS) is 10.2. The van der Waals surface area contributed by atoms with E-state index in [0.717, 1.165) is 24.3 Å². The number of carbonyl (C=O) groups is 2. The molecule has 0 radical (unpaired) electrons. The SMILES string of the molecule is O=C(O)c1ccc(NC(=O)c2cccc(F)c2F)cc1O. The first-order chi connectivity index (χ1) is 9.90. The Bertz CT molecular complexity index is 731. The minimum atomic E-state index is -1.33. The Morgan fingerprint density at radius 1 is 1.05 bits per heavy atom. The van der Waals surface area contributed by atoms with Gasteiger partial charge in [0, 0.05) is 11.8 Å². The van der Waals surface area contributed by atoms with Gasteiger partial charge in [-0.05, 0) is 24.3 Å². The number of carboxylic acid groups (broad SMARTS) is 1. The molecule has 108 valence electrons. The fourth-order valence-electron chi connectivity index (χ4n) is 1.67. The van der Waals surface area contributed by atoms with Crippen LogP contribution in [0, 0.1) is 11.6 Å². The van der Waals surface area contributed by atoms with E-state index in [9.17, 15) is 23.5 Å². The van der Waals surface area contributed by atoms with E-state index >= 15 is 0 Å². The molecule has 2 aromatic carbocycles. The Morgan fingerprint density at radius 2 is 1.76 bits per heavy atom. The van der Waals surface area contributed by atoms with Crippen LogP contribution in [0.3, 0.4) is 0 Å². The summed E-state index contributed by atoms with van der Waals surface area (Å²) in [7, 11) is 0. The first-order valence-electron chi connectivity index (χ1n) is 5.72. The third-order valence-corrected chi connectivity index (χ3v) is 2.68. The van der Waals surface area contributed by atoms with Crippen molar-refractivity contribution in [2.45, 2.75) is 0 Å². The van der Waals surface area contributed by atoms with E-state index < -0.39 is 34.8 Å². The second-order valence-electron chi connectivity index (χ2n) is 4.09. The van der Waals surface area contributed by atoms with Crippen molar-refractivity contribution < 1.29 is 28.6 Å². The molecule has 5 nitrogen and oxygen atoms in total. The highest BCUT2D eigenvalue weighted by atomic mass is 19.2. The Morgan fingerprint density at radius 3 is 2.38 bits per heavy atom. The van der Waals surface area contributed by atoms with Crippen LogP contribution in [0.15, 0.2) is 36.4 Å². The number of amides is 1. The molecule has 0 fully saturated rings. The van der Waals surface area contributed by atoms with Gasteiger partial charge in [0.1, 0.15) is 11.3 Å². The number of phenols is 1. The monoisotopic (exact) mass is 293 g/mol. The highest BCUT2D eigenvalue weighted by Crippen LogP contribution is 2.23. The molecule has 0 aliphatic heterocycles. The second-order valence-corrected chi connectivity index (χ2v) is 4.09. The molecular formula is C14H9F2NO4. The average Bonchev–Trinajstić information content (AvgIpc) is 2.41. The standard InChI is InChI=1S/C14H9F2NO4/c15-10-3-1-2-9(12(10)16)13(19)17-7-4-5-8(14(20)21)11(18)6-7/h1-6,18H,(H,17,19)(H,20,21). The number of hydrogen-bond donors (Lipinski definition) is 3. The van der Waals surface area contributed by atoms with Gasteiger partial charge in [0.2, 0.25) is 0 Å². The molecule has 0 heterocycles. The van der Waals surface area contributed by atoms with Gasteiger partial charge in [-0.3, -0.25) is 4.79 Å². The number of carboxylic acids is 1. The first-order valence-corrected chi connectivity index (χ1v) is 5.72. The Hall–Kier alpha value is -2.96. The maximum atomic E-state index is 13.4. The largest absolute Gasteiger partial charge is 0.507 e. The molecule has 0 aliphatic rings. The molecule has 0 bridgehead atoms. The van der Waals surface area contributed by atoms with Crippen LogP contribution in [0.1, 0.15) is 20.7 Å². The van der Waals surface area contributed by atoms with Crippen molar-refractivity contribution in [2.75, 3.05) is 5.32 Å². The zero-order chi connectivity index (χ0) is 15.6. The molecule has 2 rings (SSSR count). The number of nitrogens with one attached hydrogen (secondary N) is 1. The molecule has 0 spiro atoms. The summed E-state index contributed by atoms with van der Waals surface area (Å²) in [5.41, 5.74) is -0.798. The summed E-state index contributed by atoms with van der Waals surface area (Å²) in [4.78, 5) is 22.5. The summed E-state index contributed by atoms with van der Waals surface area (Å²) in [6, 6.07) is 6.45. The van der Waals surface area contributed by atoms with Crippen LogP contribution in [-0.2, 0) is 0 Å². The van der Waals surface area contributed by atoms with Crippen LogP contribution in [0.5, 0.6) is 5.75 Å². The fourth-order valence-corrected chi connectivity index (χ4v) is 1.67. The van der Waals surface area contributed by atoms with Gasteiger partial charge in [0.25, 0.3) is 5.91 Å². The number of anilines is 1. The molecule has 0 unspecified atom stereocenters. The Balaban J connectivity index is 2.26. The van der Waals surface area contributed by atoms with Gasteiger partial charge in [0.05, 0.1) is 5.56 Å². The molecule has 3 N–H and O–H groups in total. The maximum absolute atomic E-state index is 13.4. The van der Waals surface area contributed by atoms with E-state index in [0.29, 0.717) is 0 Å². The number of aromatic hydroxyl groups is 1. The smallest absolute Gasteiger partial charge is 0.339 e. The number of benzene rings is 2. The van der Waals surface area contributed by atoms with E-state index in [4.69, 9.17) is 5.11 Å². The van der Waals surface area contributed by atoms with E-state index in [-0.39, 0.29) is 11.3 Å². The van der Waals surface area contributed by atoms with Crippen LogP contribution < -0.4 is 5.32 Å². The molecule has 0 saturated heterocycles. The van der Waals surface area contributed by atoms with E-state index in [1.807, 2.05) is 0 Å². The zero-order valence-corrected chi connectivity index (χ0v) is 10.4. The summed E-state index contributed by atoms with van der Waals surface area (Å²) < 4.78 is 26.5. The lowest BCUT2D eigenvalue weighted by Gasteiger charge is -2.08. The minimum absolute atomic E-state index is 0.0474. The van der Waals surface area contributed by atoms with Gasteiger partial charge in [0.15, 0.2) is 11.6 Å². The maximum Gasteiger partial charge on any atom is 0.339 e. The number of carbonyl (C=O) groups excluding carboxylic acids is 1. The number of rotatable bonds is 3. The van der Waals surface area contributed by atoms with Crippen molar-refractivity contribution in [2.24, 2.45) is 0 Å². The van der Waals surface area contributed by atoms with Crippen molar-refractivity contribution in [3.05, 3.63) is 59.2 Å². The van der Waals surface area contributed by atoms with Gasteiger partial charge in [-0.15, -0.1) is 0 Å². The predicted octanol–water partition coefficient (Wildman–Crippen LogP) is 2.62. The van der Waals surface area contributed by atoms with Crippen LogP contribution in [-0.4, -0.2) is 22.1 Å². The molecule has 0 saturated carbocycles. The molecule has 0 aliphatic carbocycles. The first kappa shape index (κ1) is 14.4. The summed E-state index contributed by atoms with van der Waals surface area (Å²) in [5, 5.41) is 20.5. The zero-order valence-electron chi connectivity index (χ0n) is 10.4. The van der Waals surface area contributed by atoms with E-state index in [1.165, 1.54) is 12.1 Å². The van der Waals surface area contributed by atoms with Gasteiger partial charge in [-0.25, -0.2) is 13.6 Å². The predicted molar refractivity (Wildman–Crippen MR) is 69.4 cm³/mol. The minimum Gasteiger partial charge on any atom is -0.507 e. The molecule has 0 aromatic heterocycles. The van der Waals surface area contributed by atoms with Crippen molar-refractivity contribution in [1.29, 1.82) is 0 Å². The van der Waals surface area contributed by atoms with Crippen molar-refractivity contribution in [3.63, 3.8) is 0 Å². The summed E-state index contributed by atoms with van der Waals surface area (Å²) in [6.07, 6.45) is 0. The van der Waals surface area contributed by atoms with Crippen LogP contribution >= 0.6 is 0 Å². The van der Waals surface area contributed by atoms with Gasteiger partial charge in [-0.2, -0.15) is 0 Å². The molecule has 0 atom stereocenters. The van der Waals surface area contributed by atoms with Crippen LogP contribution in [0.25, 0.3) is 0 Å². The Kier molecular flexibility index (Phi) is 3.84. The van der Waals surface area contributed by atoms with Gasteiger partial charge < -0.3 is 15.5 Å². The summed E-state index contributed by atoms with van der Waals surface area (Å²) in [5.74, 6) is -5.26. The van der Waals surface area contributed by atoms with Crippen molar-refractivity contribution in [3.8, 4) is 5.75 Å². The topological polar surface area (TPSA) is 86.6 Å². The number of hydrogen-bond acceptors (Lipinski definition) is 3. The second kappa shape index (κ2) is 5.58. The van der Waals surface area contributed by atoms with Crippen LogP contribution in [0.2, 0.25) is 0 Å². The molecule has 7 heteroatoms. The fraction of sp³-hybridized carbons (Fsp3) is 0. The lowest BCUT2D eigenvalue weighted by Crippen LogP contribution is -2.14.